The smallest absolute Gasteiger partial charge is 0.270 e. The molecule has 2 heterocycles. The Kier molecular flexibility index (Phi) is 3.26. The summed E-state index contributed by atoms with van der Waals surface area (Å²) in [5, 5.41) is 0.691. The molecule has 0 unspecified atom stereocenters. The molecule has 1 aromatic carbocycles. The summed E-state index contributed by atoms with van der Waals surface area (Å²) in [7, 11) is 1.94. The maximum Gasteiger partial charge on any atom is 0.271 e. The predicted molar refractivity (Wildman–Crippen MR) is 77.0 cm³/mol. The van der Waals surface area contributed by atoms with Gasteiger partial charge in [-0.1, -0.05) is 35.1 Å². The number of thiazole rings is 1. The van der Waals surface area contributed by atoms with Crippen molar-refractivity contribution in [1.82, 2.24) is 9.47 Å². The average Bonchev–Trinajstić information content (AvgIpc) is 2.70. The molecule has 1 aromatic heterocycles. The zero-order chi connectivity index (χ0) is 13.4. The summed E-state index contributed by atoms with van der Waals surface area (Å²) in [5.74, 6) is 0. The first-order valence-electron chi connectivity index (χ1n) is 5.83. The first-order chi connectivity index (χ1) is 9.13. The van der Waals surface area contributed by atoms with Gasteiger partial charge in [-0.3, -0.25) is 14.3 Å². The molecule has 3 rings (SSSR count). The predicted octanol–water partition coefficient (Wildman–Crippen LogP) is 0.872. The summed E-state index contributed by atoms with van der Waals surface area (Å²) < 4.78 is 2.41. The van der Waals surface area contributed by atoms with Crippen LogP contribution < -0.4 is 14.9 Å². The maximum absolute atomic E-state index is 12.3. The van der Waals surface area contributed by atoms with Crippen molar-refractivity contribution in [3.63, 3.8) is 0 Å². The molecule has 0 spiro atoms. The summed E-state index contributed by atoms with van der Waals surface area (Å²) in [6, 6.07) is 7.43. The van der Waals surface area contributed by atoms with Gasteiger partial charge in [-0.15, -0.1) is 0 Å². The van der Waals surface area contributed by atoms with Crippen LogP contribution in [0.2, 0.25) is 5.02 Å². The van der Waals surface area contributed by atoms with Crippen molar-refractivity contribution in [3.8, 4) is 0 Å². The zero-order valence-electron chi connectivity index (χ0n) is 10.3. The van der Waals surface area contributed by atoms with E-state index in [0.717, 1.165) is 10.4 Å². The number of benzene rings is 1. The van der Waals surface area contributed by atoms with Crippen molar-refractivity contribution in [2.24, 2.45) is 4.99 Å². The lowest BCUT2D eigenvalue weighted by atomic mass is 10.2. The van der Waals surface area contributed by atoms with Crippen LogP contribution in [0.4, 0.5) is 0 Å². The van der Waals surface area contributed by atoms with E-state index in [1.54, 1.807) is 4.57 Å². The number of nitrogens with zero attached hydrogens (tertiary/aromatic N) is 3. The van der Waals surface area contributed by atoms with Gasteiger partial charge >= 0.3 is 0 Å². The first kappa shape index (κ1) is 12.6. The van der Waals surface area contributed by atoms with Gasteiger partial charge in [0.2, 0.25) is 0 Å². The molecular formula is C13H12ClN3OS. The van der Waals surface area contributed by atoms with Crippen LogP contribution in [0.15, 0.2) is 34.1 Å². The summed E-state index contributed by atoms with van der Waals surface area (Å²) in [4.78, 5) is 19.4. The standard InChI is InChI=1S/C13H12ClN3OS/c1-16-7-15-13-17(8-16)12(18)11(19-13)6-9-2-4-10(14)5-3-9/h2-6H,7-8H2,1H3/b11-6+. The molecule has 0 N–H and O–H groups in total. The largest absolute Gasteiger partial charge is 0.271 e. The van der Waals surface area contributed by atoms with Crippen molar-refractivity contribution in [2.75, 3.05) is 13.7 Å². The van der Waals surface area contributed by atoms with Crippen LogP contribution in [0.25, 0.3) is 6.08 Å². The highest BCUT2D eigenvalue weighted by Gasteiger charge is 2.11. The van der Waals surface area contributed by atoms with Crippen molar-refractivity contribution in [1.29, 1.82) is 0 Å². The number of hydrogen-bond acceptors (Lipinski definition) is 4. The number of fused-ring (bicyclic) bond motifs is 1. The van der Waals surface area contributed by atoms with Crippen LogP contribution in [0.3, 0.4) is 0 Å². The number of hydrogen-bond donors (Lipinski definition) is 0. The van der Waals surface area contributed by atoms with Gasteiger partial charge in [-0.25, -0.2) is 4.99 Å². The fraction of sp³-hybridized carbons (Fsp3) is 0.231. The van der Waals surface area contributed by atoms with Gasteiger partial charge in [0.25, 0.3) is 5.56 Å². The molecule has 0 fully saturated rings. The minimum atomic E-state index is 0.0188. The second-order valence-corrected chi connectivity index (χ2v) is 5.92. The highest BCUT2D eigenvalue weighted by atomic mass is 35.5. The molecule has 98 valence electrons. The highest BCUT2D eigenvalue weighted by Crippen LogP contribution is 2.09. The Bertz CT molecular complexity index is 776. The van der Waals surface area contributed by atoms with Crippen molar-refractivity contribution < 1.29 is 0 Å². The van der Waals surface area contributed by atoms with E-state index in [0.29, 0.717) is 22.9 Å². The van der Waals surface area contributed by atoms with E-state index in [4.69, 9.17) is 11.6 Å². The third-order valence-corrected chi connectivity index (χ3v) is 4.18. The molecule has 0 aliphatic carbocycles. The summed E-state index contributed by atoms with van der Waals surface area (Å²) >= 11 is 7.28. The van der Waals surface area contributed by atoms with Crippen molar-refractivity contribution >= 4 is 29.0 Å². The molecule has 0 radical (unpaired) electrons. The Morgan fingerprint density at radius 3 is 2.84 bits per heavy atom. The number of rotatable bonds is 1. The fourth-order valence-corrected chi connectivity index (χ4v) is 3.02. The third-order valence-electron chi connectivity index (χ3n) is 2.89. The van der Waals surface area contributed by atoms with Crippen LogP contribution in [0, 0.1) is 0 Å². The zero-order valence-corrected chi connectivity index (χ0v) is 11.9. The first-order valence-corrected chi connectivity index (χ1v) is 7.03. The summed E-state index contributed by atoms with van der Waals surface area (Å²) in [6.45, 7) is 1.24. The Morgan fingerprint density at radius 2 is 2.11 bits per heavy atom. The van der Waals surface area contributed by atoms with Gasteiger partial charge in [-0.2, -0.15) is 0 Å². The summed E-state index contributed by atoms with van der Waals surface area (Å²) in [6.07, 6.45) is 1.88. The van der Waals surface area contributed by atoms with Crippen LogP contribution >= 0.6 is 22.9 Å². The molecule has 6 heteroatoms. The van der Waals surface area contributed by atoms with Gasteiger partial charge in [0, 0.05) is 5.02 Å². The fourth-order valence-electron chi connectivity index (χ4n) is 1.93. The minimum Gasteiger partial charge on any atom is -0.270 e. The van der Waals surface area contributed by atoms with Crippen LogP contribution in [-0.4, -0.2) is 23.2 Å². The topological polar surface area (TPSA) is 37.6 Å². The lowest BCUT2D eigenvalue weighted by Gasteiger charge is -2.17. The van der Waals surface area contributed by atoms with E-state index >= 15 is 0 Å². The molecule has 0 atom stereocenters. The van der Waals surface area contributed by atoms with Gasteiger partial charge in [0.15, 0.2) is 4.80 Å². The summed E-state index contributed by atoms with van der Waals surface area (Å²) in [5.41, 5.74) is 0.985. The van der Waals surface area contributed by atoms with E-state index in [1.807, 2.05) is 42.3 Å². The normalized spacial score (nSPS) is 16.2. The van der Waals surface area contributed by atoms with E-state index in [1.165, 1.54) is 11.3 Å². The van der Waals surface area contributed by atoms with Gasteiger partial charge < -0.3 is 0 Å². The SMILES string of the molecule is CN1CN=c2s/c(=C/c3ccc(Cl)cc3)c(=O)n2C1. The monoisotopic (exact) mass is 293 g/mol. The quantitative estimate of drug-likeness (QED) is 0.782. The Hall–Kier alpha value is -1.43. The average molecular weight is 294 g/mol. The Balaban J connectivity index is 2.13. The van der Waals surface area contributed by atoms with Gasteiger partial charge in [-0.05, 0) is 30.8 Å². The lowest BCUT2D eigenvalue weighted by molar-refractivity contribution is 0.246. The van der Waals surface area contributed by atoms with Gasteiger partial charge in [0.1, 0.15) is 0 Å². The highest BCUT2D eigenvalue weighted by molar-refractivity contribution is 7.07. The van der Waals surface area contributed by atoms with Crippen LogP contribution in [0.1, 0.15) is 5.56 Å². The molecule has 2 aromatic rings. The Labute approximate surface area is 118 Å². The van der Waals surface area contributed by atoms with Crippen molar-refractivity contribution in [2.45, 2.75) is 6.67 Å². The molecule has 0 amide bonds. The molecule has 19 heavy (non-hydrogen) atoms. The third kappa shape index (κ3) is 2.49. The minimum absolute atomic E-state index is 0.0188. The van der Waals surface area contributed by atoms with E-state index < -0.39 is 0 Å². The molecule has 0 saturated heterocycles. The molecule has 4 nitrogen and oxygen atoms in total. The second-order valence-electron chi connectivity index (χ2n) is 4.47. The van der Waals surface area contributed by atoms with E-state index in [9.17, 15) is 4.79 Å². The van der Waals surface area contributed by atoms with E-state index in [-0.39, 0.29) is 5.56 Å². The number of aromatic nitrogens is 1. The van der Waals surface area contributed by atoms with E-state index in [2.05, 4.69) is 4.99 Å². The Morgan fingerprint density at radius 1 is 1.37 bits per heavy atom. The van der Waals surface area contributed by atoms with Gasteiger partial charge in [0.05, 0.1) is 17.9 Å². The molecule has 0 bridgehead atoms. The maximum atomic E-state index is 12.3. The molecule has 0 saturated carbocycles. The van der Waals surface area contributed by atoms with Crippen LogP contribution in [0.5, 0.6) is 0 Å². The lowest BCUT2D eigenvalue weighted by Crippen LogP contribution is -2.40. The molecule has 1 aliphatic heterocycles. The molecule has 1 aliphatic rings. The van der Waals surface area contributed by atoms with Crippen molar-refractivity contribution in [3.05, 3.63) is 54.5 Å². The number of halogens is 1. The van der Waals surface area contributed by atoms with Crippen LogP contribution in [-0.2, 0) is 6.67 Å². The second kappa shape index (κ2) is 4.92. The molecular weight excluding hydrogens is 282 g/mol.